The highest BCUT2D eigenvalue weighted by molar-refractivity contribution is 8.01. The van der Waals surface area contributed by atoms with E-state index < -0.39 is 0 Å². The fourth-order valence-electron chi connectivity index (χ4n) is 1.05. The average Bonchev–Trinajstić information content (AvgIpc) is 2.52. The van der Waals surface area contributed by atoms with Gasteiger partial charge in [-0.25, -0.2) is 0 Å². The molecule has 1 spiro atoms. The van der Waals surface area contributed by atoms with Crippen LogP contribution in [0.25, 0.3) is 0 Å². The Kier molecular flexibility index (Phi) is 1.05. The third-order valence-electron chi connectivity index (χ3n) is 1.81. The van der Waals surface area contributed by atoms with Gasteiger partial charge in [-0.2, -0.15) is 11.8 Å². The SMILES string of the molecule is C1CSC2(CC2)CO1. The van der Waals surface area contributed by atoms with Crippen LogP contribution >= 0.6 is 11.8 Å². The summed E-state index contributed by atoms with van der Waals surface area (Å²) < 4.78 is 5.95. The van der Waals surface area contributed by atoms with Crippen molar-refractivity contribution in [3.8, 4) is 0 Å². The van der Waals surface area contributed by atoms with Crippen LogP contribution in [-0.2, 0) is 4.74 Å². The monoisotopic (exact) mass is 130 g/mol. The summed E-state index contributed by atoms with van der Waals surface area (Å²) in [5.41, 5.74) is 0. The molecule has 0 amide bonds. The normalized spacial score (nSPS) is 33.0. The topological polar surface area (TPSA) is 9.23 Å². The lowest BCUT2D eigenvalue weighted by Crippen LogP contribution is -2.21. The molecule has 0 atom stereocenters. The minimum Gasteiger partial charge on any atom is -0.379 e. The van der Waals surface area contributed by atoms with E-state index in [-0.39, 0.29) is 0 Å². The molecule has 0 bridgehead atoms. The summed E-state index contributed by atoms with van der Waals surface area (Å²) in [5, 5.41) is 0. The van der Waals surface area contributed by atoms with E-state index in [4.69, 9.17) is 4.74 Å². The third kappa shape index (κ3) is 0.759. The van der Waals surface area contributed by atoms with E-state index in [0.717, 1.165) is 13.2 Å². The molecule has 1 aliphatic heterocycles. The summed E-state index contributed by atoms with van der Waals surface area (Å²) in [6.07, 6.45) is 2.80. The van der Waals surface area contributed by atoms with Crippen LogP contribution in [0.3, 0.4) is 0 Å². The Morgan fingerprint density at radius 1 is 1.38 bits per heavy atom. The zero-order chi connectivity index (χ0) is 5.45. The first-order valence-corrected chi connectivity index (χ1v) is 4.12. The van der Waals surface area contributed by atoms with Crippen molar-refractivity contribution < 1.29 is 4.74 Å². The van der Waals surface area contributed by atoms with Crippen molar-refractivity contribution in [3.05, 3.63) is 0 Å². The average molecular weight is 130 g/mol. The maximum Gasteiger partial charge on any atom is 0.0613 e. The van der Waals surface area contributed by atoms with Crippen molar-refractivity contribution >= 4 is 11.8 Å². The first-order valence-electron chi connectivity index (χ1n) is 3.13. The summed E-state index contributed by atoms with van der Waals surface area (Å²) in [6, 6.07) is 0. The van der Waals surface area contributed by atoms with Gasteiger partial charge in [-0.05, 0) is 12.8 Å². The molecule has 46 valence electrons. The van der Waals surface area contributed by atoms with Crippen molar-refractivity contribution in [1.29, 1.82) is 0 Å². The molecule has 1 saturated heterocycles. The number of hydrogen-bond donors (Lipinski definition) is 0. The molecule has 1 aliphatic carbocycles. The number of thioether (sulfide) groups is 1. The summed E-state index contributed by atoms with van der Waals surface area (Å²) in [4.78, 5) is 0. The Morgan fingerprint density at radius 2 is 2.25 bits per heavy atom. The van der Waals surface area contributed by atoms with Crippen molar-refractivity contribution in [2.45, 2.75) is 17.6 Å². The van der Waals surface area contributed by atoms with Gasteiger partial charge in [0.2, 0.25) is 0 Å². The van der Waals surface area contributed by atoms with Crippen LogP contribution in [0.1, 0.15) is 12.8 Å². The number of rotatable bonds is 0. The van der Waals surface area contributed by atoms with Crippen LogP contribution in [0, 0.1) is 0 Å². The maximum atomic E-state index is 5.33. The fraction of sp³-hybridized carbons (Fsp3) is 1.00. The summed E-state index contributed by atoms with van der Waals surface area (Å²) in [6.45, 7) is 2.00. The van der Waals surface area contributed by atoms with Crippen LogP contribution in [0.4, 0.5) is 0 Å². The molecule has 0 N–H and O–H groups in total. The fourth-order valence-corrected chi connectivity index (χ4v) is 2.24. The van der Waals surface area contributed by atoms with E-state index in [1.807, 2.05) is 0 Å². The van der Waals surface area contributed by atoms with Crippen LogP contribution in [0.15, 0.2) is 0 Å². The molecule has 0 radical (unpaired) electrons. The Labute approximate surface area is 53.8 Å². The maximum absolute atomic E-state index is 5.33. The van der Waals surface area contributed by atoms with Gasteiger partial charge in [0.15, 0.2) is 0 Å². The van der Waals surface area contributed by atoms with Gasteiger partial charge in [0.25, 0.3) is 0 Å². The zero-order valence-corrected chi connectivity index (χ0v) is 5.67. The van der Waals surface area contributed by atoms with Crippen LogP contribution in [0.2, 0.25) is 0 Å². The van der Waals surface area contributed by atoms with Gasteiger partial charge in [0.1, 0.15) is 0 Å². The van der Waals surface area contributed by atoms with Gasteiger partial charge in [0.05, 0.1) is 13.2 Å². The smallest absolute Gasteiger partial charge is 0.0613 e. The van der Waals surface area contributed by atoms with Crippen molar-refractivity contribution in [2.75, 3.05) is 19.0 Å². The van der Waals surface area contributed by atoms with E-state index in [1.165, 1.54) is 18.6 Å². The highest BCUT2D eigenvalue weighted by Crippen LogP contribution is 2.50. The molecular weight excluding hydrogens is 120 g/mol. The second-order valence-electron chi connectivity index (χ2n) is 2.58. The lowest BCUT2D eigenvalue weighted by Gasteiger charge is -2.19. The zero-order valence-electron chi connectivity index (χ0n) is 4.85. The van der Waals surface area contributed by atoms with Crippen molar-refractivity contribution in [2.24, 2.45) is 0 Å². The number of ether oxygens (including phenoxy) is 1. The molecule has 0 aromatic carbocycles. The largest absolute Gasteiger partial charge is 0.379 e. The number of hydrogen-bond acceptors (Lipinski definition) is 2. The first-order chi connectivity index (χ1) is 3.91. The second-order valence-corrected chi connectivity index (χ2v) is 4.15. The Hall–Kier alpha value is 0.310. The minimum absolute atomic E-state index is 0.623. The lowest BCUT2D eigenvalue weighted by molar-refractivity contribution is 0.139. The quantitative estimate of drug-likeness (QED) is 0.488. The molecule has 1 heterocycles. The van der Waals surface area contributed by atoms with Gasteiger partial charge in [0, 0.05) is 10.5 Å². The highest BCUT2D eigenvalue weighted by Gasteiger charge is 2.44. The van der Waals surface area contributed by atoms with Crippen molar-refractivity contribution in [3.63, 3.8) is 0 Å². The summed E-state index contributed by atoms with van der Waals surface area (Å²) in [7, 11) is 0. The molecule has 0 unspecified atom stereocenters. The molecule has 2 heteroatoms. The Bertz CT molecular complexity index is 90.7. The van der Waals surface area contributed by atoms with Gasteiger partial charge in [-0.1, -0.05) is 0 Å². The molecule has 2 fully saturated rings. The predicted octanol–water partition coefficient (Wildman–Crippen LogP) is 1.28. The molecule has 0 aromatic heterocycles. The van der Waals surface area contributed by atoms with Crippen LogP contribution in [0.5, 0.6) is 0 Å². The second kappa shape index (κ2) is 1.64. The Morgan fingerprint density at radius 3 is 2.62 bits per heavy atom. The molecule has 0 aromatic rings. The molecule has 1 nitrogen and oxygen atoms in total. The van der Waals surface area contributed by atoms with Gasteiger partial charge in [-0.15, -0.1) is 0 Å². The summed E-state index contributed by atoms with van der Waals surface area (Å²) in [5.74, 6) is 1.22. The van der Waals surface area contributed by atoms with Gasteiger partial charge < -0.3 is 4.74 Å². The minimum atomic E-state index is 0.623. The molecule has 2 aliphatic rings. The van der Waals surface area contributed by atoms with Gasteiger partial charge in [-0.3, -0.25) is 0 Å². The third-order valence-corrected chi connectivity index (χ3v) is 3.32. The standard InChI is InChI=1S/C6H10OS/c1-2-6(1)5-7-3-4-8-6/h1-5H2. The van der Waals surface area contributed by atoms with Crippen molar-refractivity contribution in [1.82, 2.24) is 0 Å². The van der Waals surface area contributed by atoms with E-state index in [2.05, 4.69) is 11.8 Å². The van der Waals surface area contributed by atoms with Crippen LogP contribution in [-0.4, -0.2) is 23.7 Å². The summed E-state index contributed by atoms with van der Waals surface area (Å²) >= 11 is 2.11. The van der Waals surface area contributed by atoms with Crippen LogP contribution < -0.4 is 0 Å². The molecule has 1 saturated carbocycles. The van der Waals surface area contributed by atoms with E-state index in [1.54, 1.807) is 0 Å². The Balaban J connectivity index is 1.95. The lowest BCUT2D eigenvalue weighted by atomic mass is 10.4. The van der Waals surface area contributed by atoms with E-state index in [9.17, 15) is 0 Å². The molecule has 2 rings (SSSR count). The first kappa shape index (κ1) is 5.12. The highest BCUT2D eigenvalue weighted by atomic mass is 32.2. The van der Waals surface area contributed by atoms with E-state index >= 15 is 0 Å². The molecule has 8 heavy (non-hydrogen) atoms. The molecular formula is C6H10OS. The van der Waals surface area contributed by atoms with E-state index in [0.29, 0.717) is 4.75 Å². The van der Waals surface area contributed by atoms with Gasteiger partial charge >= 0.3 is 0 Å². The predicted molar refractivity (Wildman–Crippen MR) is 35.2 cm³/mol.